The molecule has 0 fully saturated rings. The maximum Gasteiger partial charge on any atom is 0.226 e. The summed E-state index contributed by atoms with van der Waals surface area (Å²) in [6.07, 6.45) is 3.10. The van der Waals surface area contributed by atoms with Crippen LogP contribution in [-0.4, -0.2) is 29.5 Å². The Hall–Kier alpha value is -0.550. The zero-order valence-electron chi connectivity index (χ0n) is 9.45. The van der Waals surface area contributed by atoms with E-state index in [0.29, 0.717) is 0 Å². The SMILES string of the molecule is CCCSCc1noc(CCCNC)n1. The second-order valence-corrected chi connectivity index (χ2v) is 4.47. The predicted molar refractivity (Wildman–Crippen MR) is 63.0 cm³/mol. The normalized spacial score (nSPS) is 10.8. The van der Waals surface area contributed by atoms with Crippen molar-refractivity contribution < 1.29 is 4.52 Å². The number of hydrogen-bond donors (Lipinski definition) is 1. The minimum absolute atomic E-state index is 0.761. The summed E-state index contributed by atoms with van der Waals surface area (Å²) in [5, 5.41) is 7.03. The summed E-state index contributed by atoms with van der Waals surface area (Å²) < 4.78 is 5.14. The average molecular weight is 229 g/mol. The Bertz CT molecular complexity index is 240. The monoisotopic (exact) mass is 229 g/mol. The van der Waals surface area contributed by atoms with Gasteiger partial charge in [-0.05, 0) is 32.2 Å². The maximum atomic E-state index is 5.14. The van der Waals surface area contributed by atoms with Gasteiger partial charge in [0.25, 0.3) is 0 Å². The lowest BCUT2D eigenvalue weighted by Crippen LogP contribution is -2.08. The number of rotatable bonds is 8. The van der Waals surface area contributed by atoms with E-state index in [0.717, 1.165) is 42.6 Å². The summed E-state index contributed by atoms with van der Waals surface area (Å²) in [6, 6.07) is 0. The first kappa shape index (κ1) is 12.5. The van der Waals surface area contributed by atoms with Crippen molar-refractivity contribution >= 4 is 11.8 Å². The molecule has 1 aromatic heterocycles. The molecule has 1 heterocycles. The standard InChI is InChI=1S/C10H19N3OS/c1-3-7-15-8-9-12-10(14-13-9)5-4-6-11-2/h11H,3-8H2,1-2H3. The number of nitrogens with one attached hydrogen (secondary N) is 1. The van der Waals surface area contributed by atoms with Crippen LogP contribution in [0.4, 0.5) is 0 Å². The molecular weight excluding hydrogens is 210 g/mol. The summed E-state index contributed by atoms with van der Waals surface area (Å²) in [4.78, 5) is 4.33. The molecule has 4 nitrogen and oxygen atoms in total. The van der Waals surface area contributed by atoms with E-state index in [1.54, 1.807) is 0 Å². The second kappa shape index (κ2) is 7.70. The van der Waals surface area contributed by atoms with E-state index < -0.39 is 0 Å². The molecule has 0 aromatic carbocycles. The van der Waals surface area contributed by atoms with Gasteiger partial charge < -0.3 is 9.84 Å². The van der Waals surface area contributed by atoms with Crippen molar-refractivity contribution in [2.75, 3.05) is 19.3 Å². The fourth-order valence-corrected chi connectivity index (χ4v) is 1.91. The average Bonchev–Trinajstić information content (AvgIpc) is 2.67. The Labute approximate surface area is 95.2 Å². The van der Waals surface area contributed by atoms with Crippen LogP contribution < -0.4 is 5.32 Å². The fraction of sp³-hybridized carbons (Fsp3) is 0.800. The first-order valence-electron chi connectivity index (χ1n) is 5.40. The van der Waals surface area contributed by atoms with Crippen molar-refractivity contribution in [3.05, 3.63) is 11.7 Å². The highest BCUT2D eigenvalue weighted by molar-refractivity contribution is 7.98. The van der Waals surface area contributed by atoms with E-state index in [-0.39, 0.29) is 0 Å². The highest BCUT2D eigenvalue weighted by atomic mass is 32.2. The first-order chi connectivity index (χ1) is 7.36. The third-order valence-corrected chi connectivity index (χ3v) is 3.07. The molecule has 86 valence electrons. The molecule has 0 saturated heterocycles. The summed E-state index contributed by atoms with van der Waals surface area (Å²) >= 11 is 1.85. The van der Waals surface area contributed by atoms with Crippen LogP contribution in [0.15, 0.2) is 4.52 Å². The van der Waals surface area contributed by atoms with Gasteiger partial charge in [0.15, 0.2) is 5.82 Å². The fourth-order valence-electron chi connectivity index (χ4n) is 1.17. The zero-order valence-corrected chi connectivity index (χ0v) is 10.3. The molecule has 15 heavy (non-hydrogen) atoms. The molecule has 1 rings (SSSR count). The van der Waals surface area contributed by atoms with Crippen LogP contribution in [0.2, 0.25) is 0 Å². The van der Waals surface area contributed by atoms with Crippen molar-refractivity contribution in [1.29, 1.82) is 0 Å². The molecule has 0 bridgehead atoms. The summed E-state index contributed by atoms with van der Waals surface area (Å²) in [6.45, 7) is 3.16. The van der Waals surface area contributed by atoms with Gasteiger partial charge in [-0.2, -0.15) is 16.7 Å². The molecule has 0 aliphatic rings. The lowest BCUT2D eigenvalue weighted by atomic mass is 10.3. The van der Waals surface area contributed by atoms with Crippen molar-refractivity contribution in [3.8, 4) is 0 Å². The van der Waals surface area contributed by atoms with Crippen LogP contribution >= 0.6 is 11.8 Å². The summed E-state index contributed by atoms with van der Waals surface area (Å²) in [5.41, 5.74) is 0. The quantitative estimate of drug-likeness (QED) is 0.690. The van der Waals surface area contributed by atoms with Gasteiger partial charge in [0.05, 0.1) is 5.75 Å². The number of nitrogens with zero attached hydrogens (tertiary/aromatic N) is 2. The van der Waals surface area contributed by atoms with Gasteiger partial charge in [0.1, 0.15) is 0 Å². The third-order valence-electron chi connectivity index (χ3n) is 1.91. The number of aromatic nitrogens is 2. The van der Waals surface area contributed by atoms with Gasteiger partial charge in [0.2, 0.25) is 5.89 Å². The lowest BCUT2D eigenvalue weighted by molar-refractivity contribution is 0.371. The third kappa shape index (κ3) is 5.18. The van der Waals surface area contributed by atoms with E-state index in [4.69, 9.17) is 4.52 Å². The molecule has 0 radical (unpaired) electrons. The van der Waals surface area contributed by atoms with Gasteiger partial charge in [-0.3, -0.25) is 0 Å². The Balaban J connectivity index is 2.23. The molecule has 0 saturated carbocycles. The molecule has 5 heteroatoms. The molecule has 0 unspecified atom stereocenters. The van der Waals surface area contributed by atoms with Gasteiger partial charge in [0, 0.05) is 6.42 Å². The zero-order chi connectivity index (χ0) is 10.9. The van der Waals surface area contributed by atoms with E-state index >= 15 is 0 Å². The summed E-state index contributed by atoms with van der Waals surface area (Å²) in [7, 11) is 1.95. The Morgan fingerprint density at radius 3 is 3.07 bits per heavy atom. The highest BCUT2D eigenvalue weighted by Crippen LogP contribution is 2.10. The van der Waals surface area contributed by atoms with E-state index in [9.17, 15) is 0 Å². The Morgan fingerprint density at radius 2 is 2.33 bits per heavy atom. The van der Waals surface area contributed by atoms with E-state index in [1.165, 1.54) is 6.42 Å². The smallest absolute Gasteiger partial charge is 0.226 e. The predicted octanol–water partition coefficient (Wildman–Crippen LogP) is 1.86. The van der Waals surface area contributed by atoms with Crippen LogP contribution in [0.25, 0.3) is 0 Å². The molecular formula is C10H19N3OS. The molecule has 1 aromatic rings. The number of hydrogen-bond acceptors (Lipinski definition) is 5. The van der Waals surface area contributed by atoms with Crippen LogP contribution in [0, 0.1) is 0 Å². The molecule has 0 spiro atoms. The Morgan fingerprint density at radius 1 is 1.47 bits per heavy atom. The van der Waals surface area contributed by atoms with Gasteiger partial charge in [-0.25, -0.2) is 0 Å². The van der Waals surface area contributed by atoms with Gasteiger partial charge in [-0.1, -0.05) is 12.1 Å². The second-order valence-electron chi connectivity index (χ2n) is 3.36. The minimum atomic E-state index is 0.761. The molecule has 0 aliphatic heterocycles. The topological polar surface area (TPSA) is 51.0 Å². The lowest BCUT2D eigenvalue weighted by Gasteiger charge is -1.94. The van der Waals surface area contributed by atoms with Gasteiger partial charge >= 0.3 is 0 Å². The van der Waals surface area contributed by atoms with Crippen molar-refractivity contribution in [2.24, 2.45) is 0 Å². The van der Waals surface area contributed by atoms with Crippen LogP contribution in [0.1, 0.15) is 31.5 Å². The van der Waals surface area contributed by atoms with E-state index in [2.05, 4.69) is 22.4 Å². The van der Waals surface area contributed by atoms with Crippen LogP contribution in [-0.2, 0) is 12.2 Å². The Kier molecular flexibility index (Phi) is 6.43. The number of aryl methyl sites for hydroxylation is 1. The molecule has 0 amide bonds. The van der Waals surface area contributed by atoms with Gasteiger partial charge in [-0.15, -0.1) is 0 Å². The highest BCUT2D eigenvalue weighted by Gasteiger charge is 2.05. The number of thioether (sulfide) groups is 1. The largest absolute Gasteiger partial charge is 0.339 e. The van der Waals surface area contributed by atoms with Crippen molar-refractivity contribution in [1.82, 2.24) is 15.5 Å². The first-order valence-corrected chi connectivity index (χ1v) is 6.56. The van der Waals surface area contributed by atoms with Crippen molar-refractivity contribution in [2.45, 2.75) is 31.9 Å². The van der Waals surface area contributed by atoms with Crippen molar-refractivity contribution in [3.63, 3.8) is 0 Å². The molecule has 0 aliphatic carbocycles. The maximum absolute atomic E-state index is 5.14. The van der Waals surface area contributed by atoms with E-state index in [1.807, 2.05) is 18.8 Å². The minimum Gasteiger partial charge on any atom is -0.339 e. The molecule has 1 N–H and O–H groups in total. The molecule has 0 atom stereocenters. The van der Waals surface area contributed by atoms with Crippen LogP contribution in [0.5, 0.6) is 0 Å². The summed E-state index contributed by atoms with van der Waals surface area (Å²) in [5.74, 6) is 3.61. The van der Waals surface area contributed by atoms with Crippen LogP contribution in [0.3, 0.4) is 0 Å².